The maximum Gasteiger partial charge on any atom is 0.224 e. The van der Waals surface area contributed by atoms with Crippen LogP contribution in [0.2, 0.25) is 0 Å². The van der Waals surface area contributed by atoms with Gasteiger partial charge in [0.15, 0.2) is 0 Å². The molecule has 0 aliphatic carbocycles. The van der Waals surface area contributed by atoms with Crippen molar-refractivity contribution in [2.75, 3.05) is 75.1 Å². The molecule has 3 aromatic carbocycles. The largest absolute Gasteiger partial charge is 0.373 e. The molecule has 12 nitrogen and oxygen atoms in total. The van der Waals surface area contributed by atoms with Crippen molar-refractivity contribution >= 4 is 53.6 Å². The van der Waals surface area contributed by atoms with Crippen molar-refractivity contribution < 1.29 is 28.8 Å². The van der Waals surface area contributed by atoms with Gasteiger partial charge in [-0.05, 0) is 72.8 Å². The van der Waals surface area contributed by atoms with Crippen molar-refractivity contribution in [3.05, 3.63) is 89.5 Å². The minimum Gasteiger partial charge on any atom is -0.373 e. The molecular formula is C36H44N6O6. The van der Waals surface area contributed by atoms with Gasteiger partial charge in [0, 0.05) is 107 Å². The maximum absolute atomic E-state index is 13.3. The second-order valence-corrected chi connectivity index (χ2v) is 11.5. The van der Waals surface area contributed by atoms with E-state index >= 15 is 0 Å². The zero-order valence-corrected chi connectivity index (χ0v) is 27.7. The summed E-state index contributed by atoms with van der Waals surface area (Å²) in [5.74, 6) is -1.98. The lowest BCUT2D eigenvalue weighted by Gasteiger charge is -2.22. The molecule has 0 saturated heterocycles. The van der Waals surface area contributed by atoms with E-state index in [0.29, 0.717) is 49.4 Å². The lowest BCUT2D eigenvalue weighted by atomic mass is 9.99. The molecule has 0 heterocycles. The maximum atomic E-state index is 13.3. The second-order valence-electron chi connectivity index (χ2n) is 11.5. The molecule has 0 fully saturated rings. The number of nitrogens with one attached hydrogen (secondary N) is 3. The molecule has 254 valence electrons. The third-order valence-electron chi connectivity index (χ3n) is 7.93. The highest BCUT2D eigenvalue weighted by molar-refractivity contribution is 5.90. The van der Waals surface area contributed by atoms with Crippen LogP contribution < -0.4 is 30.7 Å². The molecule has 0 aliphatic heterocycles. The topological polar surface area (TPSA) is 148 Å². The van der Waals surface area contributed by atoms with Gasteiger partial charge in [0.25, 0.3) is 0 Å². The second kappa shape index (κ2) is 19.2. The number of rotatable bonds is 20. The fourth-order valence-electron chi connectivity index (χ4n) is 4.88. The van der Waals surface area contributed by atoms with Gasteiger partial charge in [0.2, 0.25) is 17.7 Å². The molecule has 3 aromatic rings. The lowest BCUT2D eigenvalue weighted by Crippen LogP contribution is -2.42. The SMILES string of the molecule is CN(CCNC(=O)CC(CC(=O)NCCN(C)c1ccc(C=O)cc1)C(=O)NCCN(C)c1ccc(C=O)cc1)c1ccc(C=O)cc1. The monoisotopic (exact) mass is 656 g/mol. The molecule has 0 spiro atoms. The van der Waals surface area contributed by atoms with Crippen LogP contribution in [0.5, 0.6) is 0 Å². The molecule has 0 saturated carbocycles. The Balaban J connectivity index is 1.53. The van der Waals surface area contributed by atoms with Gasteiger partial charge in [-0.25, -0.2) is 0 Å². The summed E-state index contributed by atoms with van der Waals surface area (Å²) in [4.78, 5) is 77.7. The van der Waals surface area contributed by atoms with Crippen LogP contribution in [0.15, 0.2) is 72.8 Å². The number of carbonyl (C=O) groups is 6. The Kier molecular flexibility index (Phi) is 14.8. The summed E-state index contributed by atoms with van der Waals surface area (Å²) in [6, 6.07) is 21.2. The van der Waals surface area contributed by atoms with E-state index in [1.165, 1.54) is 0 Å². The first kappa shape index (κ1) is 36.9. The molecule has 3 rings (SSSR count). The minimum atomic E-state index is -0.885. The zero-order valence-electron chi connectivity index (χ0n) is 27.7. The Morgan fingerprint density at radius 2 is 0.812 bits per heavy atom. The summed E-state index contributed by atoms with van der Waals surface area (Å²) < 4.78 is 0. The number of aldehydes is 3. The third-order valence-corrected chi connectivity index (χ3v) is 7.93. The van der Waals surface area contributed by atoms with E-state index in [-0.39, 0.29) is 31.2 Å². The van der Waals surface area contributed by atoms with Gasteiger partial charge in [0.1, 0.15) is 18.9 Å². The number of benzene rings is 3. The van der Waals surface area contributed by atoms with Gasteiger partial charge in [-0.1, -0.05) is 0 Å². The zero-order chi connectivity index (χ0) is 34.9. The molecule has 48 heavy (non-hydrogen) atoms. The predicted octanol–water partition coefficient (Wildman–Crippen LogP) is 2.58. The van der Waals surface area contributed by atoms with Crippen LogP contribution in [0, 0.1) is 5.92 Å². The molecule has 0 radical (unpaired) electrons. The van der Waals surface area contributed by atoms with Gasteiger partial charge in [-0.3, -0.25) is 28.8 Å². The van der Waals surface area contributed by atoms with Crippen molar-refractivity contribution in [2.24, 2.45) is 5.92 Å². The average Bonchev–Trinajstić information content (AvgIpc) is 3.11. The van der Waals surface area contributed by atoms with Crippen LogP contribution in [0.3, 0.4) is 0 Å². The van der Waals surface area contributed by atoms with Gasteiger partial charge in [0.05, 0.1) is 5.92 Å². The van der Waals surface area contributed by atoms with E-state index in [1.807, 2.05) is 72.2 Å². The van der Waals surface area contributed by atoms with E-state index in [1.54, 1.807) is 36.4 Å². The molecule has 3 amide bonds. The smallest absolute Gasteiger partial charge is 0.224 e. The van der Waals surface area contributed by atoms with Crippen molar-refractivity contribution in [3.63, 3.8) is 0 Å². The van der Waals surface area contributed by atoms with Crippen LogP contribution in [-0.4, -0.2) is 97.0 Å². The Bertz CT molecular complexity index is 1430. The van der Waals surface area contributed by atoms with Crippen molar-refractivity contribution in [1.82, 2.24) is 16.0 Å². The number of hydrogen-bond donors (Lipinski definition) is 3. The van der Waals surface area contributed by atoms with E-state index in [4.69, 9.17) is 0 Å². The summed E-state index contributed by atoms with van der Waals surface area (Å²) in [6.45, 7) is 2.38. The molecule has 0 bridgehead atoms. The highest BCUT2D eigenvalue weighted by Gasteiger charge is 2.25. The van der Waals surface area contributed by atoms with Crippen LogP contribution in [0.1, 0.15) is 43.9 Å². The Morgan fingerprint density at radius 3 is 1.10 bits per heavy atom. The number of anilines is 3. The van der Waals surface area contributed by atoms with Crippen LogP contribution in [0.25, 0.3) is 0 Å². The standard InChI is InChI=1S/C36H44N6O6/c1-40(31-10-4-27(24-43)5-11-31)19-16-37-34(46)22-30(36(48)39-18-21-42(3)33-14-8-29(26-45)9-15-33)23-35(47)38-17-20-41(2)32-12-6-28(25-44)7-13-32/h4-15,24-26,30H,16-23H2,1-3H3,(H,37,46)(H,38,47)(H,39,48). The average molecular weight is 657 g/mol. The van der Waals surface area contributed by atoms with Gasteiger partial charge in [-0.2, -0.15) is 0 Å². The highest BCUT2D eigenvalue weighted by Crippen LogP contribution is 2.15. The van der Waals surface area contributed by atoms with Crippen molar-refractivity contribution in [1.29, 1.82) is 0 Å². The Hall–Kier alpha value is -5.52. The first-order valence-corrected chi connectivity index (χ1v) is 15.7. The predicted molar refractivity (Wildman–Crippen MR) is 187 cm³/mol. The fourth-order valence-corrected chi connectivity index (χ4v) is 4.88. The number of likely N-dealkylation sites (N-methyl/N-ethyl adjacent to an activating group) is 3. The van der Waals surface area contributed by atoms with Crippen LogP contribution in [-0.2, 0) is 14.4 Å². The summed E-state index contributed by atoms with van der Waals surface area (Å²) in [7, 11) is 5.60. The minimum absolute atomic E-state index is 0.164. The quantitative estimate of drug-likeness (QED) is 0.156. The van der Waals surface area contributed by atoms with Crippen LogP contribution in [0.4, 0.5) is 17.1 Å². The third kappa shape index (κ3) is 12.0. The summed E-state index contributed by atoms with van der Waals surface area (Å²) >= 11 is 0. The van der Waals surface area contributed by atoms with Gasteiger partial charge >= 0.3 is 0 Å². The lowest BCUT2D eigenvalue weighted by molar-refractivity contribution is -0.133. The summed E-state index contributed by atoms with van der Waals surface area (Å²) in [5, 5.41) is 8.55. The van der Waals surface area contributed by atoms with E-state index in [9.17, 15) is 28.8 Å². The van der Waals surface area contributed by atoms with Gasteiger partial charge in [-0.15, -0.1) is 0 Å². The fraction of sp³-hybridized carbons (Fsp3) is 0.333. The van der Waals surface area contributed by atoms with E-state index in [0.717, 1.165) is 35.9 Å². The summed E-state index contributed by atoms with van der Waals surface area (Å²) in [6.07, 6.45) is 2.00. The molecule has 0 unspecified atom stereocenters. The number of hydrogen-bond acceptors (Lipinski definition) is 9. The molecule has 0 atom stereocenters. The highest BCUT2D eigenvalue weighted by atomic mass is 16.2. The molecule has 0 aromatic heterocycles. The molecule has 0 aliphatic rings. The summed E-state index contributed by atoms with van der Waals surface area (Å²) in [5.41, 5.74) is 4.37. The number of carbonyl (C=O) groups excluding carboxylic acids is 6. The molecular weight excluding hydrogens is 612 g/mol. The van der Waals surface area contributed by atoms with E-state index < -0.39 is 11.8 Å². The normalized spacial score (nSPS) is 10.5. The molecule has 12 heteroatoms. The Morgan fingerprint density at radius 1 is 0.521 bits per heavy atom. The van der Waals surface area contributed by atoms with Gasteiger partial charge < -0.3 is 30.7 Å². The Labute approximate surface area is 281 Å². The molecule has 3 N–H and O–H groups in total. The first-order chi connectivity index (χ1) is 23.1. The van der Waals surface area contributed by atoms with Crippen molar-refractivity contribution in [3.8, 4) is 0 Å². The number of nitrogens with zero attached hydrogens (tertiary/aromatic N) is 3. The van der Waals surface area contributed by atoms with Crippen LogP contribution >= 0.6 is 0 Å². The number of amides is 3. The van der Waals surface area contributed by atoms with Crippen molar-refractivity contribution in [2.45, 2.75) is 12.8 Å². The first-order valence-electron chi connectivity index (χ1n) is 15.7. The van der Waals surface area contributed by atoms with E-state index in [2.05, 4.69) is 16.0 Å².